The minimum Gasteiger partial charge on any atom is -0.495 e. The number of sulfonamides is 1. The minimum atomic E-state index is -3.73. The third-order valence-corrected chi connectivity index (χ3v) is 6.81. The van der Waals surface area contributed by atoms with Gasteiger partial charge in [0.1, 0.15) is 11.5 Å². The molecule has 0 saturated carbocycles. The lowest BCUT2D eigenvalue weighted by atomic mass is 10.2. The van der Waals surface area contributed by atoms with Crippen molar-refractivity contribution in [3.8, 4) is 11.5 Å². The van der Waals surface area contributed by atoms with Gasteiger partial charge in [0, 0.05) is 31.9 Å². The Morgan fingerprint density at radius 2 is 1.69 bits per heavy atom. The van der Waals surface area contributed by atoms with Gasteiger partial charge in [-0.15, -0.1) is 12.4 Å². The molecule has 2 aromatic carbocycles. The topological polar surface area (TPSA) is 71.1 Å². The van der Waals surface area contributed by atoms with Crippen LogP contribution in [0.3, 0.4) is 0 Å². The molecule has 178 valence electrons. The fraction of sp³-hybridized carbons (Fsp3) is 0.478. The minimum absolute atomic E-state index is 0. The number of rotatable bonds is 10. The zero-order valence-corrected chi connectivity index (χ0v) is 20.7. The maximum absolute atomic E-state index is 13.0. The molecule has 1 fully saturated rings. The maximum atomic E-state index is 13.0. The molecular formula is C23H34ClN3O4S. The largest absolute Gasteiger partial charge is 0.495 e. The molecule has 0 aromatic heterocycles. The average Bonchev–Trinajstić information content (AvgIpc) is 2.78. The number of halogens is 1. The Kier molecular flexibility index (Phi) is 9.93. The molecule has 1 aliphatic heterocycles. The van der Waals surface area contributed by atoms with Crippen molar-refractivity contribution in [2.45, 2.75) is 31.1 Å². The van der Waals surface area contributed by atoms with Gasteiger partial charge in [-0.3, -0.25) is 4.72 Å². The van der Waals surface area contributed by atoms with Gasteiger partial charge in [-0.2, -0.15) is 0 Å². The van der Waals surface area contributed by atoms with E-state index in [-0.39, 0.29) is 17.3 Å². The summed E-state index contributed by atoms with van der Waals surface area (Å²) in [4.78, 5) is 4.63. The van der Waals surface area contributed by atoms with E-state index in [0.717, 1.165) is 56.9 Å². The van der Waals surface area contributed by atoms with Crippen molar-refractivity contribution in [1.29, 1.82) is 0 Å². The number of nitrogens with one attached hydrogen (secondary N) is 1. The summed E-state index contributed by atoms with van der Waals surface area (Å²) in [5, 5.41) is 0. The summed E-state index contributed by atoms with van der Waals surface area (Å²) >= 11 is 0. The molecule has 0 radical (unpaired) electrons. The van der Waals surface area contributed by atoms with Crippen LogP contribution in [0.15, 0.2) is 47.4 Å². The number of anilines is 2. The van der Waals surface area contributed by atoms with Gasteiger partial charge in [-0.1, -0.05) is 19.8 Å². The molecule has 0 unspecified atom stereocenters. The Morgan fingerprint density at radius 1 is 1.00 bits per heavy atom. The predicted octanol–water partition coefficient (Wildman–Crippen LogP) is 4.24. The molecule has 0 atom stereocenters. The second-order valence-electron chi connectivity index (χ2n) is 7.81. The standard InChI is InChI=1S/C23H33N3O4S.ClH/c1-4-5-6-17-30-20-9-7-19(8-10-20)24-31(27,28)21-11-12-23(29-3)22(18-21)26-15-13-25(2)14-16-26;/h7-12,18,24H,4-6,13-17H2,1-3H3;1H. The lowest BCUT2D eigenvalue weighted by Crippen LogP contribution is -2.44. The molecule has 32 heavy (non-hydrogen) atoms. The van der Waals surface area contributed by atoms with E-state index in [9.17, 15) is 8.42 Å². The number of benzene rings is 2. The van der Waals surface area contributed by atoms with Crippen LogP contribution in [0.4, 0.5) is 11.4 Å². The smallest absolute Gasteiger partial charge is 0.261 e. The normalized spacial score (nSPS) is 14.5. The molecule has 7 nitrogen and oxygen atoms in total. The van der Waals surface area contributed by atoms with Crippen molar-refractivity contribution in [3.05, 3.63) is 42.5 Å². The van der Waals surface area contributed by atoms with Crippen molar-refractivity contribution in [3.63, 3.8) is 0 Å². The fourth-order valence-corrected chi connectivity index (χ4v) is 4.59. The highest BCUT2D eigenvalue weighted by Gasteiger charge is 2.22. The summed E-state index contributed by atoms with van der Waals surface area (Å²) in [6.07, 6.45) is 3.29. The van der Waals surface area contributed by atoms with E-state index in [1.807, 2.05) is 0 Å². The van der Waals surface area contributed by atoms with E-state index in [2.05, 4.69) is 28.5 Å². The zero-order valence-electron chi connectivity index (χ0n) is 19.0. The molecule has 0 amide bonds. The third-order valence-electron chi connectivity index (χ3n) is 5.43. The van der Waals surface area contributed by atoms with Crippen LogP contribution in [0.25, 0.3) is 0 Å². The highest BCUT2D eigenvalue weighted by molar-refractivity contribution is 7.92. The molecule has 1 saturated heterocycles. The zero-order chi connectivity index (χ0) is 22.3. The number of hydrogen-bond acceptors (Lipinski definition) is 6. The van der Waals surface area contributed by atoms with Crippen LogP contribution in [0, 0.1) is 0 Å². The van der Waals surface area contributed by atoms with E-state index >= 15 is 0 Å². The molecule has 1 heterocycles. The van der Waals surface area contributed by atoms with Crippen molar-refractivity contribution in [1.82, 2.24) is 4.90 Å². The lowest BCUT2D eigenvalue weighted by molar-refractivity contribution is 0.306. The number of methoxy groups -OCH3 is 1. The highest BCUT2D eigenvalue weighted by Crippen LogP contribution is 2.32. The first-order valence-electron chi connectivity index (χ1n) is 10.8. The number of likely N-dealkylation sites (N-methyl/N-ethyl adjacent to an activating group) is 1. The Hall–Kier alpha value is -2.16. The van der Waals surface area contributed by atoms with Gasteiger partial charge >= 0.3 is 0 Å². The molecule has 0 spiro atoms. The summed E-state index contributed by atoms with van der Waals surface area (Å²) < 4.78 is 39.9. The average molecular weight is 484 g/mol. The monoisotopic (exact) mass is 483 g/mol. The van der Waals surface area contributed by atoms with Gasteiger partial charge < -0.3 is 19.3 Å². The van der Waals surface area contributed by atoms with Crippen molar-refractivity contribution in [2.24, 2.45) is 0 Å². The van der Waals surface area contributed by atoms with Crippen LogP contribution in [0.2, 0.25) is 0 Å². The molecule has 1 N–H and O–H groups in total. The number of hydrogen-bond donors (Lipinski definition) is 1. The van der Waals surface area contributed by atoms with E-state index in [1.165, 1.54) is 0 Å². The second kappa shape index (κ2) is 12.2. The SMILES string of the molecule is CCCCCOc1ccc(NS(=O)(=O)c2ccc(OC)c(N3CCN(C)CC3)c2)cc1.Cl. The summed E-state index contributed by atoms with van der Waals surface area (Å²) in [6.45, 7) is 6.31. The molecule has 0 bridgehead atoms. The van der Waals surface area contributed by atoms with Gasteiger partial charge in [0.15, 0.2) is 0 Å². The van der Waals surface area contributed by atoms with Crippen molar-refractivity contribution in [2.75, 3.05) is 56.6 Å². The van der Waals surface area contributed by atoms with Crippen LogP contribution in [-0.2, 0) is 10.0 Å². The molecule has 3 rings (SSSR count). The summed E-state index contributed by atoms with van der Waals surface area (Å²) in [7, 11) is -0.0423. The van der Waals surface area contributed by atoms with Crippen LogP contribution < -0.4 is 19.1 Å². The molecule has 1 aliphatic rings. The van der Waals surface area contributed by atoms with Gasteiger partial charge in [0.25, 0.3) is 10.0 Å². The van der Waals surface area contributed by atoms with E-state index < -0.39 is 10.0 Å². The van der Waals surface area contributed by atoms with E-state index in [4.69, 9.17) is 9.47 Å². The van der Waals surface area contributed by atoms with E-state index in [0.29, 0.717) is 18.0 Å². The Bertz CT molecular complexity index is 946. The van der Waals surface area contributed by atoms with Crippen LogP contribution in [0.5, 0.6) is 11.5 Å². The summed E-state index contributed by atoms with van der Waals surface area (Å²) in [5.41, 5.74) is 1.30. The summed E-state index contributed by atoms with van der Waals surface area (Å²) in [6, 6.07) is 12.0. The molecule has 2 aromatic rings. The van der Waals surface area contributed by atoms with E-state index in [1.54, 1.807) is 49.6 Å². The second-order valence-corrected chi connectivity index (χ2v) is 9.49. The van der Waals surface area contributed by atoms with Crippen molar-refractivity contribution >= 4 is 33.8 Å². The Labute approximate surface area is 198 Å². The van der Waals surface area contributed by atoms with Gasteiger partial charge in [-0.25, -0.2) is 8.42 Å². The Morgan fingerprint density at radius 3 is 2.31 bits per heavy atom. The fourth-order valence-electron chi connectivity index (χ4n) is 3.51. The van der Waals surface area contributed by atoms with Gasteiger partial charge in [0.2, 0.25) is 0 Å². The molecule has 0 aliphatic carbocycles. The predicted molar refractivity (Wildman–Crippen MR) is 132 cm³/mol. The number of piperazine rings is 1. The number of nitrogens with zero attached hydrogens (tertiary/aromatic N) is 2. The van der Waals surface area contributed by atoms with Gasteiger partial charge in [0.05, 0.1) is 24.3 Å². The lowest BCUT2D eigenvalue weighted by Gasteiger charge is -2.34. The van der Waals surface area contributed by atoms with Gasteiger partial charge in [-0.05, 0) is 55.9 Å². The molecule has 9 heteroatoms. The quantitative estimate of drug-likeness (QED) is 0.510. The Balaban J connectivity index is 0.00000363. The first-order valence-corrected chi connectivity index (χ1v) is 12.3. The first-order chi connectivity index (χ1) is 14.9. The van der Waals surface area contributed by atoms with Crippen molar-refractivity contribution < 1.29 is 17.9 Å². The van der Waals surface area contributed by atoms with Crippen LogP contribution in [-0.4, -0.2) is 60.3 Å². The van der Waals surface area contributed by atoms with Crippen LogP contribution >= 0.6 is 12.4 Å². The van der Waals surface area contributed by atoms with Crippen LogP contribution in [0.1, 0.15) is 26.2 Å². The summed E-state index contributed by atoms with van der Waals surface area (Å²) in [5.74, 6) is 1.41. The first kappa shape index (κ1) is 26.1. The number of unbranched alkanes of at least 4 members (excludes halogenated alkanes) is 2. The number of ether oxygens (including phenoxy) is 2. The third kappa shape index (κ3) is 6.92. The molecular weight excluding hydrogens is 450 g/mol. The highest BCUT2D eigenvalue weighted by atomic mass is 35.5. The maximum Gasteiger partial charge on any atom is 0.261 e.